The van der Waals surface area contributed by atoms with Crippen molar-refractivity contribution in [1.82, 2.24) is 16.0 Å². The van der Waals surface area contributed by atoms with Crippen LogP contribution in [0, 0.1) is 0 Å². The Labute approximate surface area is 162 Å². The Balaban J connectivity index is 1.92. The molecule has 0 heterocycles. The minimum Gasteiger partial charge on any atom is -0.356 e. The molecule has 0 unspecified atom stereocenters. The summed E-state index contributed by atoms with van der Waals surface area (Å²) >= 11 is 0. The molecular formula is C22H30N4O. The van der Waals surface area contributed by atoms with E-state index in [0.717, 1.165) is 19.5 Å². The fourth-order valence-corrected chi connectivity index (χ4v) is 2.87. The second kappa shape index (κ2) is 11.7. The summed E-state index contributed by atoms with van der Waals surface area (Å²) in [6.45, 7) is 4.04. The van der Waals surface area contributed by atoms with Crippen LogP contribution >= 0.6 is 0 Å². The van der Waals surface area contributed by atoms with Crippen LogP contribution in [-0.4, -0.2) is 38.5 Å². The molecule has 2 aromatic rings. The van der Waals surface area contributed by atoms with E-state index in [2.05, 4.69) is 69.5 Å². The van der Waals surface area contributed by atoms with E-state index in [0.29, 0.717) is 18.9 Å². The fourth-order valence-electron chi connectivity index (χ4n) is 2.87. The lowest BCUT2D eigenvalue weighted by Crippen LogP contribution is -2.41. The number of carbonyl (C=O) groups excluding carboxylic acids is 1. The molecule has 2 rings (SSSR count). The highest BCUT2D eigenvalue weighted by Gasteiger charge is 2.14. The van der Waals surface area contributed by atoms with E-state index in [9.17, 15) is 4.79 Å². The van der Waals surface area contributed by atoms with Crippen LogP contribution in [0.1, 0.15) is 36.8 Å². The lowest BCUT2D eigenvalue weighted by atomic mass is 9.91. The molecule has 0 saturated carbocycles. The maximum Gasteiger partial charge on any atom is 0.221 e. The van der Waals surface area contributed by atoms with Gasteiger partial charge in [-0.15, -0.1) is 0 Å². The number of nitrogens with one attached hydrogen (secondary N) is 3. The van der Waals surface area contributed by atoms with Crippen LogP contribution in [0.3, 0.4) is 0 Å². The van der Waals surface area contributed by atoms with Gasteiger partial charge in [0.05, 0.1) is 0 Å². The minimum atomic E-state index is 0.0613. The number of rotatable bonds is 9. The largest absolute Gasteiger partial charge is 0.356 e. The van der Waals surface area contributed by atoms with Crippen molar-refractivity contribution in [2.45, 2.75) is 25.7 Å². The standard InChI is InChI=1S/C22H30N4O/c1-3-15-24-21(27)14-16-25-22(23-2)26-17-20(18-10-6-4-7-11-18)19-12-8-5-9-13-19/h4-13,20H,3,14-17H2,1-2H3,(H,24,27)(H2,23,25,26). The molecule has 0 fully saturated rings. The zero-order valence-electron chi connectivity index (χ0n) is 16.2. The first-order valence-electron chi connectivity index (χ1n) is 9.55. The van der Waals surface area contributed by atoms with Gasteiger partial charge >= 0.3 is 0 Å². The van der Waals surface area contributed by atoms with E-state index in [-0.39, 0.29) is 11.8 Å². The number of hydrogen-bond donors (Lipinski definition) is 3. The van der Waals surface area contributed by atoms with Gasteiger partial charge in [0.2, 0.25) is 5.91 Å². The molecule has 0 bridgehead atoms. The highest BCUT2D eigenvalue weighted by atomic mass is 16.1. The average molecular weight is 367 g/mol. The van der Waals surface area contributed by atoms with Crippen LogP contribution in [0.2, 0.25) is 0 Å². The van der Waals surface area contributed by atoms with E-state index in [4.69, 9.17) is 0 Å². The molecule has 0 aromatic heterocycles. The fraction of sp³-hybridized carbons (Fsp3) is 0.364. The van der Waals surface area contributed by atoms with Crippen molar-refractivity contribution in [3.63, 3.8) is 0 Å². The van der Waals surface area contributed by atoms with Crippen molar-refractivity contribution < 1.29 is 4.79 Å². The Morgan fingerprint density at radius 1 is 0.889 bits per heavy atom. The van der Waals surface area contributed by atoms with Crippen LogP contribution in [0.5, 0.6) is 0 Å². The predicted molar refractivity (Wildman–Crippen MR) is 112 cm³/mol. The molecule has 5 heteroatoms. The maximum absolute atomic E-state index is 11.7. The SMILES string of the molecule is CCCNC(=O)CCNC(=NC)NCC(c1ccccc1)c1ccccc1. The number of nitrogens with zero attached hydrogens (tertiary/aromatic N) is 1. The summed E-state index contributed by atoms with van der Waals surface area (Å²) in [4.78, 5) is 16.0. The molecule has 3 N–H and O–H groups in total. The van der Waals surface area contributed by atoms with Gasteiger partial charge < -0.3 is 16.0 Å². The Bertz CT molecular complexity index is 661. The van der Waals surface area contributed by atoms with Crippen LogP contribution in [-0.2, 0) is 4.79 Å². The highest BCUT2D eigenvalue weighted by molar-refractivity contribution is 5.81. The molecule has 0 saturated heterocycles. The van der Waals surface area contributed by atoms with E-state index >= 15 is 0 Å². The summed E-state index contributed by atoms with van der Waals surface area (Å²) in [5.41, 5.74) is 2.51. The van der Waals surface area contributed by atoms with Crippen LogP contribution in [0.15, 0.2) is 65.7 Å². The summed E-state index contributed by atoms with van der Waals surface area (Å²) in [5.74, 6) is 0.986. The average Bonchev–Trinajstić information content (AvgIpc) is 2.72. The van der Waals surface area contributed by atoms with Gasteiger partial charge in [-0.1, -0.05) is 67.6 Å². The molecule has 144 valence electrons. The normalized spacial score (nSPS) is 11.3. The van der Waals surface area contributed by atoms with E-state index in [1.54, 1.807) is 7.05 Å². The van der Waals surface area contributed by atoms with E-state index in [1.807, 2.05) is 19.1 Å². The lowest BCUT2D eigenvalue weighted by Gasteiger charge is -2.20. The molecule has 1 amide bonds. The van der Waals surface area contributed by atoms with Gasteiger partial charge in [0.15, 0.2) is 5.96 Å². The molecule has 2 aromatic carbocycles. The van der Waals surface area contributed by atoms with Gasteiger partial charge in [0, 0.05) is 39.0 Å². The van der Waals surface area contributed by atoms with Crippen molar-refractivity contribution in [3.8, 4) is 0 Å². The third-order valence-electron chi connectivity index (χ3n) is 4.32. The van der Waals surface area contributed by atoms with Gasteiger partial charge in [-0.2, -0.15) is 0 Å². The Morgan fingerprint density at radius 2 is 1.48 bits per heavy atom. The number of benzene rings is 2. The van der Waals surface area contributed by atoms with Crippen molar-refractivity contribution in [2.24, 2.45) is 4.99 Å². The molecule has 0 radical (unpaired) electrons. The van der Waals surface area contributed by atoms with Crippen LogP contribution in [0.4, 0.5) is 0 Å². The first kappa shape index (κ1) is 20.5. The molecule has 0 spiro atoms. The van der Waals surface area contributed by atoms with Gasteiger partial charge in [-0.05, 0) is 17.5 Å². The van der Waals surface area contributed by atoms with Crippen LogP contribution < -0.4 is 16.0 Å². The van der Waals surface area contributed by atoms with Gasteiger partial charge in [-0.25, -0.2) is 0 Å². The third kappa shape index (κ3) is 7.13. The summed E-state index contributed by atoms with van der Waals surface area (Å²) in [5, 5.41) is 9.48. The summed E-state index contributed by atoms with van der Waals surface area (Å²) in [6.07, 6.45) is 1.38. The van der Waals surface area contributed by atoms with Crippen molar-refractivity contribution in [1.29, 1.82) is 0 Å². The number of amides is 1. The smallest absolute Gasteiger partial charge is 0.221 e. The first-order valence-corrected chi connectivity index (χ1v) is 9.55. The minimum absolute atomic E-state index is 0.0613. The first-order chi connectivity index (χ1) is 13.2. The second-order valence-corrected chi connectivity index (χ2v) is 6.35. The molecule has 0 atom stereocenters. The van der Waals surface area contributed by atoms with Gasteiger partial charge in [0.25, 0.3) is 0 Å². The summed E-state index contributed by atoms with van der Waals surface area (Å²) in [7, 11) is 1.74. The van der Waals surface area contributed by atoms with Crippen molar-refractivity contribution in [3.05, 3.63) is 71.8 Å². The predicted octanol–water partition coefficient (Wildman–Crippen LogP) is 2.90. The van der Waals surface area contributed by atoms with Crippen LogP contribution in [0.25, 0.3) is 0 Å². The molecule has 0 aliphatic carbocycles. The number of carbonyl (C=O) groups is 1. The third-order valence-corrected chi connectivity index (χ3v) is 4.32. The summed E-state index contributed by atoms with van der Waals surface area (Å²) < 4.78 is 0. The Hall–Kier alpha value is -2.82. The quantitative estimate of drug-likeness (QED) is 0.472. The van der Waals surface area contributed by atoms with Gasteiger partial charge in [0.1, 0.15) is 0 Å². The van der Waals surface area contributed by atoms with E-state index < -0.39 is 0 Å². The molecule has 0 aliphatic heterocycles. The highest BCUT2D eigenvalue weighted by Crippen LogP contribution is 2.23. The van der Waals surface area contributed by atoms with Crippen molar-refractivity contribution in [2.75, 3.05) is 26.7 Å². The van der Waals surface area contributed by atoms with Gasteiger partial charge in [-0.3, -0.25) is 9.79 Å². The van der Waals surface area contributed by atoms with Crippen molar-refractivity contribution >= 4 is 11.9 Å². The zero-order chi connectivity index (χ0) is 19.3. The number of aliphatic imine (C=N–C) groups is 1. The topological polar surface area (TPSA) is 65.5 Å². The molecular weight excluding hydrogens is 336 g/mol. The summed E-state index contributed by atoms with van der Waals surface area (Å²) in [6, 6.07) is 20.9. The maximum atomic E-state index is 11.7. The molecule has 27 heavy (non-hydrogen) atoms. The lowest BCUT2D eigenvalue weighted by molar-refractivity contribution is -0.120. The second-order valence-electron chi connectivity index (χ2n) is 6.35. The monoisotopic (exact) mass is 366 g/mol. The zero-order valence-corrected chi connectivity index (χ0v) is 16.2. The molecule has 5 nitrogen and oxygen atoms in total. The number of guanidine groups is 1. The Morgan fingerprint density at radius 3 is 2.00 bits per heavy atom. The van der Waals surface area contributed by atoms with E-state index in [1.165, 1.54) is 11.1 Å². The Kier molecular flexibility index (Phi) is 8.90. The number of hydrogen-bond acceptors (Lipinski definition) is 2. The molecule has 0 aliphatic rings.